The molecule has 92 valence electrons. The molecule has 0 aromatic heterocycles. The van der Waals surface area contributed by atoms with E-state index in [-0.39, 0.29) is 18.3 Å². The lowest BCUT2D eigenvalue weighted by Gasteiger charge is -2.06. The van der Waals surface area contributed by atoms with Crippen molar-refractivity contribution in [2.24, 2.45) is 0 Å². The Kier molecular flexibility index (Phi) is 3.63. The molecule has 0 saturated heterocycles. The topological polar surface area (TPSA) is 46.5 Å². The van der Waals surface area contributed by atoms with Crippen LogP contribution >= 0.6 is 0 Å². The summed E-state index contributed by atoms with van der Waals surface area (Å²) < 4.78 is 5.19. The zero-order valence-electron chi connectivity index (χ0n) is 10.1. The summed E-state index contributed by atoms with van der Waals surface area (Å²) in [4.78, 5) is 11.8. The normalized spacial score (nSPS) is 10.1. The van der Waals surface area contributed by atoms with Gasteiger partial charge in [-0.05, 0) is 36.2 Å². The van der Waals surface area contributed by atoms with Crippen LogP contribution in [0.5, 0.6) is 5.75 Å². The van der Waals surface area contributed by atoms with Crippen molar-refractivity contribution >= 4 is 5.97 Å². The van der Waals surface area contributed by atoms with Gasteiger partial charge in [0.2, 0.25) is 0 Å². The first-order valence-electron chi connectivity index (χ1n) is 5.67. The van der Waals surface area contributed by atoms with E-state index in [1.165, 1.54) is 6.07 Å². The predicted octanol–water partition coefficient (Wildman–Crippen LogP) is 3.06. The first-order valence-corrected chi connectivity index (χ1v) is 5.67. The molecule has 0 radical (unpaired) electrons. The van der Waals surface area contributed by atoms with Crippen molar-refractivity contribution in [3.05, 3.63) is 65.2 Å². The Balaban J connectivity index is 2.02. The molecule has 0 amide bonds. The van der Waals surface area contributed by atoms with Crippen molar-refractivity contribution in [2.45, 2.75) is 13.5 Å². The quantitative estimate of drug-likeness (QED) is 0.841. The number of carbonyl (C=O) groups is 1. The molecule has 3 nitrogen and oxygen atoms in total. The second-order valence-corrected chi connectivity index (χ2v) is 4.06. The highest BCUT2D eigenvalue weighted by atomic mass is 16.5. The third-order valence-corrected chi connectivity index (χ3v) is 2.65. The molecule has 0 aliphatic carbocycles. The summed E-state index contributed by atoms with van der Waals surface area (Å²) in [5.74, 6) is -0.212. The van der Waals surface area contributed by atoms with Crippen LogP contribution in [-0.4, -0.2) is 11.1 Å². The average molecular weight is 242 g/mol. The number of hydrogen-bond acceptors (Lipinski definition) is 3. The van der Waals surface area contributed by atoms with Gasteiger partial charge in [-0.25, -0.2) is 4.79 Å². The van der Waals surface area contributed by atoms with E-state index < -0.39 is 0 Å². The molecule has 3 heteroatoms. The van der Waals surface area contributed by atoms with Gasteiger partial charge in [0, 0.05) is 0 Å². The summed E-state index contributed by atoms with van der Waals surface area (Å²) in [6.45, 7) is 1.99. The van der Waals surface area contributed by atoms with Gasteiger partial charge in [-0.2, -0.15) is 0 Å². The molecular formula is C15H14O3. The molecule has 0 bridgehead atoms. The zero-order valence-corrected chi connectivity index (χ0v) is 10.1. The Morgan fingerprint density at radius 3 is 2.56 bits per heavy atom. The number of phenolic OH excluding ortho intramolecular Hbond substituents is 1. The standard InChI is InChI=1S/C15H14O3/c1-11-9-13(7-8-14(11)16)15(17)18-10-12-5-3-2-4-6-12/h2-9,16H,10H2,1H3. The molecule has 0 atom stereocenters. The van der Waals surface area contributed by atoms with E-state index in [0.29, 0.717) is 11.1 Å². The van der Waals surface area contributed by atoms with Crippen LogP contribution in [0.1, 0.15) is 21.5 Å². The van der Waals surface area contributed by atoms with Gasteiger partial charge in [0.25, 0.3) is 0 Å². The van der Waals surface area contributed by atoms with Gasteiger partial charge in [-0.15, -0.1) is 0 Å². The maximum atomic E-state index is 11.8. The number of carbonyl (C=O) groups excluding carboxylic acids is 1. The van der Waals surface area contributed by atoms with Crippen LogP contribution in [0.15, 0.2) is 48.5 Å². The Morgan fingerprint density at radius 1 is 1.17 bits per heavy atom. The van der Waals surface area contributed by atoms with Gasteiger partial charge in [-0.3, -0.25) is 0 Å². The summed E-state index contributed by atoms with van der Waals surface area (Å²) in [7, 11) is 0. The molecule has 2 aromatic carbocycles. The first-order chi connectivity index (χ1) is 8.66. The van der Waals surface area contributed by atoms with Gasteiger partial charge < -0.3 is 9.84 Å². The maximum absolute atomic E-state index is 11.8. The van der Waals surface area contributed by atoms with Gasteiger partial charge >= 0.3 is 5.97 Å². The van der Waals surface area contributed by atoms with E-state index in [2.05, 4.69) is 0 Å². The van der Waals surface area contributed by atoms with Gasteiger partial charge in [0.05, 0.1) is 5.56 Å². The monoisotopic (exact) mass is 242 g/mol. The largest absolute Gasteiger partial charge is 0.508 e. The Hall–Kier alpha value is -2.29. The van der Waals surface area contributed by atoms with Crippen molar-refractivity contribution < 1.29 is 14.6 Å². The highest BCUT2D eigenvalue weighted by molar-refractivity contribution is 5.89. The number of hydrogen-bond donors (Lipinski definition) is 1. The summed E-state index contributed by atoms with van der Waals surface area (Å²) >= 11 is 0. The lowest BCUT2D eigenvalue weighted by atomic mass is 10.1. The van der Waals surface area contributed by atoms with Crippen molar-refractivity contribution in [3.8, 4) is 5.75 Å². The van der Waals surface area contributed by atoms with E-state index >= 15 is 0 Å². The Labute approximate surface area is 106 Å². The molecule has 0 aliphatic heterocycles. The average Bonchev–Trinajstić information content (AvgIpc) is 2.40. The zero-order chi connectivity index (χ0) is 13.0. The first kappa shape index (κ1) is 12.2. The van der Waals surface area contributed by atoms with Crippen LogP contribution in [-0.2, 0) is 11.3 Å². The second kappa shape index (κ2) is 5.36. The number of ether oxygens (including phenoxy) is 1. The fourth-order valence-corrected chi connectivity index (χ4v) is 1.59. The van der Waals surface area contributed by atoms with Crippen molar-refractivity contribution in [2.75, 3.05) is 0 Å². The fourth-order valence-electron chi connectivity index (χ4n) is 1.59. The van der Waals surface area contributed by atoms with Crippen LogP contribution in [0.2, 0.25) is 0 Å². The van der Waals surface area contributed by atoms with E-state index in [1.807, 2.05) is 30.3 Å². The van der Waals surface area contributed by atoms with Gasteiger partial charge in [0.1, 0.15) is 12.4 Å². The Bertz CT molecular complexity index is 547. The minimum atomic E-state index is -0.387. The fraction of sp³-hybridized carbons (Fsp3) is 0.133. The highest BCUT2D eigenvalue weighted by Gasteiger charge is 2.08. The number of phenols is 1. The molecular weight excluding hydrogens is 228 g/mol. The summed E-state index contributed by atoms with van der Waals surface area (Å²) in [5.41, 5.74) is 2.05. The number of aromatic hydroxyl groups is 1. The van der Waals surface area contributed by atoms with Crippen LogP contribution in [0.25, 0.3) is 0 Å². The molecule has 2 rings (SSSR count). The van der Waals surface area contributed by atoms with E-state index in [9.17, 15) is 9.90 Å². The minimum absolute atomic E-state index is 0.176. The lowest BCUT2D eigenvalue weighted by Crippen LogP contribution is -2.05. The number of benzene rings is 2. The van der Waals surface area contributed by atoms with Gasteiger partial charge in [0.15, 0.2) is 0 Å². The van der Waals surface area contributed by atoms with E-state index in [4.69, 9.17) is 4.74 Å². The molecule has 1 N–H and O–H groups in total. The third kappa shape index (κ3) is 2.88. The summed E-state index contributed by atoms with van der Waals surface area (Å²) in [6.07, 6.45) is 0. The smallest absolute Gasteiger partial charge is 0.338 e. The summed E-state index contributed by atoms with van der Waals surface area (Å²) in [5, 5.41) is 9.38. The minimum Gasteiger partial charge on any atom is -0.508 e. The molecule has 0 fully saturated rings. The maximum Gasteiger partial charge on any atom is 0.338 e. The molecule has 18 heavy (non-hydrogen) atoms. The highest BCUT2D eigenvalue weighted by Crippen LogP contribution is 2.17. The molecule has 0 spiro atoms. The van der Waals surface area contributed by atoms with Crippen LogP contribution in [0.3, 0.4) is 0 Å². The predicted molar refractivity (Wildman–Crippen MR) is 68.4 cm³/mol. The lowest BCUT2D eigenvalue weighted by molar-refractivity contribution is 0.0472. The van der Waals surface area contributed by atoms with Crippen LogP contribution < -0.4 is 0 Å². The van der Waals surface area contributed by atoms with Crippen molar-refractivity contribution in [1.29, 1.82) is 0 Å². The molecule has 0 aliphatic rings. The molecule has 0 unspecified atom stereocenters. The Morgan fingerprint density at radius 2 is 1.89 bits per heavy atom. The van der Waals surface area contributed by atoms with Crippen LogP contribution in [0.4, 0.5) is 0 Å². The molecule has 0 saturated carbocycles. The van der Waals surface area contributed by atoms with E-state index in [0.717, 1.165) is 5.56 Å². The molecule has 2 aromatic rings. The van der Waals surface area contributed by atoms with E-state index in [1.54, 1.807) is 19.1 Å². The second-order valence-electron chi connectivity index (χ2n) is 4.06. The number of rotatable bonds is 3. The number of esters is 1. The van der Waals surface area contributed by atoms with Gasteiger partial charge in [-0.1, -0.05) is 30.3 Å². The van der Waals surface area contributed by atoms with Crippen molar-refractivity contribution in [3.63, 3.8) is 0 Å². The SMILES string of the molecule is Cc1cc(C(=O)OCc2ccccc2)ccc1O. The van der Waals surface area contributed by atoms with Crippen molar-refractivity contribution in [1.82, 2.24) is 0 Å². The number of aryl methyl sites for hydroxylation is 1. The molecule has 0 heterocycles. The van der Waals surface area contributed by atoms with Crippen LogP contribution in [0, 0.1) is 6.92 Å². The summed E-state index contributed by atoms with van der Waals surface area (Å²) in [6, 6.07) is 14.2. The third-order valence-electron chi connectivity index (χ3n) is 2.65.